The number of carbonyl (C=O) groups is 5. The summed E-state index contributed by atoms with van der Waals surface area (Å²) in [6.07, 6.45) is -1.62. The maximum Gasteiger partial charge on any atom is 0.326 e. The minimum absolute atomic E-state index is 0.0313. The smallest absolute Gasteiger partial charge is 0.326 e. The largest absolute Gasteiger partial charge is 0.481 e. The van der Waals surface area contributed by atoms with E-state index in [0.29, 0.717) is 0 Å². The Hall–Kier alpha value is -2.73. The van der Waals surface area contributed by atoms with E-state index >= 15 is 0 Å². The molecule has 3 amide bonds. The van der Waals surface area contributed by atoms with Crippen LogP contribution in [0, 0.1) is 5.92 Å². The number of rotatable bonds is 13. The number of aliphatic carboxylic acids is 2. The second-order valence-corrected chi connectivity index (χ2v) is 7.30. The van der Waals surface area contributed by atoms with Crippen molar-refractivity contribution in [2.75, 3.05) is 7.05 Å². The number of aliphatic hydroxyl groups excluding tert-OH is 1. The predicted octanol–water partition coefficient (Wildman–Crippen LogP) is -1.97. The van der Waals surface area contributed by atoms with E-state index in [-0.39, 0.29) is 18.8 Å². The van der Waals surface area contributed by atoms with Crippen LogP contribution in [0.2, 0.25) is 0 Å². The Labute approximate surface area is 174 Å². The summed E-state index contributed by atoms with van der Waals surface area (Å²) in [5.74, 6) is -4.98. The van der Waals surface area contributed by atoms with Gasteiger partial charge in [0.15, 0.2) is 0 Å². The number of nitrogens with one attached hydrogen (secondary N) is 4. The van der Waals surface area contributed by atoms with Crippen molar-refractivity contribution < 1.29 is 39.3 Å². The highest BCUT2D eigenvalue weighted by Crippen LogP contribution is 2.04. The molecule has 0 fully saturated rings. The van der Waals surface area contributed by atoms with Gasteiger partial charge in [-0.05, 0) is 33.2 Å². The summed E-state index contributed by atoms with van der Waals surface area (Å²) in [6, 6.07) is -4.59. The minimum Gasteiger partial charge on any atom is -0.481 e. The van der Waals surface area contributed by atoms with Gasteiger partial charge in [0.05, 0.1) is 12.1 Å². The molecule has 7 N–H and O–H groups in total. The Morgan fingerprint density at radius 3 is 1.73 bits per heavy atom. The molecular formula is C18H32N4O8. The van der Waals surface area contributed by atoms with Gasteiger partial charge in [-0.2, -0.15) is 0 Å². The molecule has 0 aliphatic carbocycles. The third-order valence-electron chi connectivity index (χ3n) is 4.36. The lowest BCUT2D eigenvalue weighted by atomic mass is 10.0. The van der Waals surface area contributed by atoms with E-state index in [1.54, 1.807) is 13.8 Å². The highest BCUT2D eigenvalue weighted by atomic mass is 16.4. The Bertz CT molecular complexity index is 638. The fraction of sp³-hybridized carbons (Fsp3) is 0.722. The van der Waals surface area contributed by atoms with Gasteiger partial charge in [-0.1, -0.05) is 13.8 Å². The molecule has 0 rings (SSSR count). The second-order valence-electron chi connectivity index (χ2n) is 7.30. The first kappa shape index (κ1) is 27.3. The van der Waals surface area contributed by atoms with Crippen LogP contribution < -0.4 is 21.3 Å². The zero-order valence-electron chi connectivity index (χ0n) is 17.8. The molecule has 0 saturated carbocycles. The Kier molecular flexibility index (Phi) is 11.6. The fourth-order valence-electron chi connectivity index (χ4n) is 2.49. The van der Waals surface area contributed by atoms with Gasteiger partial charge in [-0.25, -0.2) is 4.79 Å². The van der Waals surface area contributed by atoms with E-state index in [1.165, 1.54) is 20.9 Å². The average molecular weight is 432 g/mol. The van der Waals surface area contributed by atoms with E-state index in [4.69, 9.17) is 10.2 Å². The molecule has 0 aromatic rings. The zero-order valence-corrected chi connectivity index (χ0v) is 17.8. The fourth-order valence-corrected chi connectivity index (χ4v) is 2.49. The minimum atomic E-state index is -1.41. The highest BCUT2D eigenvalue weighted by molar-refractivity contribution is 5.94. The van der Waals surface area contributed by atoms with Crippen LogP contribution in [0.25, 0.3) is 0 Å². The van der Waals surface area contributed by atoms with Crippen LogP contribution in [0.15, 0.2) is 0 Å². The first-order valence-electron chi connectivity index (χ1n) is 9.52. The predicted molar refractivity (Wildman–Crippen MR) is 105 cm³/mol. The molecule has 0 bridgehead atoms. The molecule has 5 atom stereocenters. The van der Waals surface area contributed by atoms with E-state index in [9.17, 15) is 29.1 Å². The van der Waals surface area contributed by atoms with Gasteiger partial charge in [0.25, 0.3) is 0 Å². The second kappa shape index (κ2) is 12.8. The molecule has 0 saturated heterocycles. The number of hydrogen-bond donors (Lipinski definition) is 7. The molecule has 0 aliphatic rings. The number of hydrogen-bond acceptors (Lipinski definition) is 7. The van der Waals surface area contributed by atoms with Crippen molar-refractivity contribution in [2.24, 2.45) is 5.92 Å². The summed E-state index contributed by atoms with van der Waals surface area (Å²) in [5.41, 5.74) is 0. The third-order valence-corrected chi connectivity index (χ3v) is 4.36. The molecule has 12 heteroatoms. The van der Waals surface area contributed by atoms with E-state index in [0.717, 1.165) is 0 Å². The molecule has 172 valence electrons. The summed E-state index contributed by atoms with van der Waals surface area (Å²) in [4.78, 5) is 58.9. The molecule has 0 spiro atoms. The van der Waals surface area contributed by atoms with Gasteiger partial charge >= 0.3 is 11.9 Å². The highest BCUT2D eigenvalue weighted by Gasteiger charge is 2.31. The van der Waals surface area contributed by atoms with Gasteiger partial charge in [-0.3, -0.25) is 19.2 Å². The normalized spacial score (nSPS) is 16.0. The van der Waals surface area contributed by atoms with Gasteiger partial charge in [0, 0.05) is 6.42 Å². The molecular weight excluding hydrogens is 400 g/mol. The summed E-state index contributed by atoms with van der Waals surface area (Å²) in [7, 11) is 1.45. The van der Waals surface area contributed by atoms with E-state index in [2.05, 4.69) is 21.3 Å². The van der Waals surface area contributed by atoms with Gasteiger partial charge in [0.2, 0.25) is 17.7 Å². The standard InChI is InChI=1S/C18H32N4O8/c1-8(2)13(18(29)30)21-15(26)9(3)20-17(28)14(10(4)23)22-16(27)11(19-5)6-7-12(24)25/h8-11,13-14,19,23H,6-7H2,1-5H3,(H,20,28)(H,21,26)(H,22,27)(H,24,25)(H,29,30)/t9-,10+,11-,13-,14-/m0/s1. The van der Waals surface area contributed by atoms with Gasteiger partial charge < -0.3 is 36.6 Å². The van der Waals surface area contributed by atoms with Crippen molar-refractivity contribution in [2.45, 2.75) is 70.8 Å². The number of aliphatic hydroxyl groups is 1. The monoisotopic (exact) mass is 432 g/mol. The van der Waals surface area contributed by atoms with Crippen LogP contribution >= 0.6 is 0 Å². The molecule has 0 radical (unpaired) electrons. The van der Waals surface area contributed by atoms with Crippen molar-refractivity contribution in [3.63, 3.8) is 0 Å². The van der Waals surface area contributed by atoms with Gasteiger partial charge in [-0.15, -0.1) is 0 Å². The van der Waals surface area contributed by atoms with Crippen molar-refractivity contribution in [1.29, 1.82) is 0 Å². The van der Waals surface area contributed by atoms with Crippen molar-refractivity contribution in [3.05, 3.63) is 0 Å². The molecule has 0 aliphatic heterocycles. The lowest BCUT2D eigenvalue weighted by Crippen LogP contribution is -2.59. The summed E-state index contributed by atoms with van der Waals surface area (Å²) in [6.45, 7) is 5.82. The number of carbonyl (C=O) groups excluding carboxylic acids is 3. The first-order chi connectivity index (χ1) is 13.8. The van der Waals surface area contributed by atoms with Crippen molar-refractivity contribution in [3.8, 4) is 0 Å². The first-order valence-corrected chi connectivity index (χ1v) is 9.52. The topological polar surface area (TPSA) is 194 Å². The van der Waals surface area contributed by atoms with Crippen LogP contribution in [0.1, 0.15) is 40.5 Å². The number of carboxylic acid groups (broad SMARTS) is 2. The molecule has 0 aromatic carbocycles. The zero-order chi connectivity index (χ0) is 23.6. The van der Waals surface area contributed by atoms with Crippen LogP contribution in [0.4, 0.5) is 0 Å². The van der Waals surface area contributed by atoms with Crippen molar-refractivity contribution >= 4 is 29.7 Å². The quantitative estimate of drug-likeness (QED) is 0.173. The molecule has 0 aromatic heterocycles. The third kappa shape index (κ3) is 9.18. The Balaban J connectivity index is 5.06. The summed E-state index contributed by atoms with van der Waals surface area (Å²) >= 11 is 0. The maximum atomic E-state index is 12.5. The summed E-state index contributed by atoms with van der Waals surface area (Å²) in [5, 5.41) is 37.4. The number of amides is 3. The Morgan fingerprint density at radius 1 is 0.800 bits per heavy atom. The van der Waals surface area contributed by atoms with Gasteiger partial charge in [0.1, 0.15) is 18.1 Å². The van der Waals surface area contributed by atoms with Crippen LogP contribution in [0.3, 0.4) is 0 Å². The lowest BCUT2D eigenvalue weighted by Gasteiger charge is -2.26. The average Bonchev–Trinajstić information content (AvgIpc) is 2.62. The maximum absolute atomic E-state index is 12.5. The van der Waals surface area contributed by atoms with E-state index < -0.39 is 59.9 Å². The number of carboxylic acids is 2. The molecule has 0 unspecified atom stereocenters. The van der Waals surface area contributed by atoms with Crippen LogP contribution in [-0.4, -0.2) is 82.3 Å². The summed E-state index contributed by atoms with van der Waals surface area (Å²) < 4.78 is 0. The van der Waals surface area contributed by atoms with E-state index in [1.807, 2.05) is 0 Å². The van der Waals surface area contributed by atoms with Crippen LogP contribution in [0.5, 0.6) is 0 Å². The SMILES string of the molecule is CN[C@@H](CCC(=O)O)C(=O)N[C@H](C(=O)N[C@@H](C)C(=O)N[C@H](C(=O)O)C(C)C)[C@@H](C)O. The molecule has 0 heterocycles. The molecule has 30 heavy (non-hydrogen) atoms. The Morgan fingerprint density at radius 2 is 1.33 bits per heavy atom. The van der Waals surface area contributed by atoms with Crippen LogP contribution in [-0.2, 0) is 24.0 Å². The van der Waals surface area contributed by atoms with Crippen molar-refractivity contribution in [1.82, 2.24) is 21.3 Å². The lowest BCUT2D eigenvalue weighted by molar-refractivity contribution is -0.143. The molecule has 12 nitrogen and oxygen atoms in total. The number of likely N-dealkylation sites (N-methyl/N-ethyl adjacent to an activating group) is 1.